The van der Waals surface area contributed by atoms with Crippen LogP contribution < -0.4 is 46.7 Å². The monoisotopic (exact) mass is 1160 g/mol. The molecule has 0 saturated heterocycles. The minimum absolute atomic E-state index is 0.0275. The summed E-state index contributed by atoms with van der Waals surface area (Å²) in [4.78, 5) is 136. The van der Waals surface area contributed by atoms with Gasteiger partial charge in [0.25, 0.3) is 5.91 Å². The molecule has 4 bridgehead atoms. The molecule has 1 aliphatic heterocycles. The number of hydrogen-bond donors (Lipinski definition) is 7. The van der Waals surface area contributed by atoms with E-state index in [-0.39, 0.29) is 79.4 Å². The fourth-order valence-electron chi connectivity index (χ4n) is 8.26. The van der Waals surface area contributed by atoms with E-state index in [1.54, 1.807) is 112 Å². The maximum Gasteiger partial charge on any atom is 0.407 e. The second-order valence-corrected chi connectivity index (χ2v) is 23.0. The standard InChI is InChI=1S/C59H82N8O16/c1-33-16-19-40(34(2)28-33)50(71)65-43(22-23-60-54(75)81-57(6,7)8)53(74)67(15)48-39-18-21-47(79-27-25-62-56(77)83-59(12,13)14)42(31-39)41-29-38(17-20-46(41)78-26-24-61-55(76)82-58(9,10)11)30-44(66-49(70)36(4)64-52(48)73)51(72)63-35(3)45(69)32-80-37(5)68/h16-21,28-29,31,35-36,43-44,48H,22-27,30,32H2,1-15H3,(H,60,75)(H,61,76)(H,62,77)(H,63,72)(H,64,73)(H,65,71)(H,66,70)/t35-,36-,43-,44-,48-/m0/s1. The van der Waals surface area contributed by atoms with Gasteiger partial charge >= 0.3 is 24.2 Å². The number of esters is 1. The number of ketones is 1. The van der Waals surface area contributed by atoms with Crippen LogP contribution in [0.15, 0.2) is 54.6 Å². The fourth-order valence-corrected chi connectivity index (χ4v) is 8.26. The normalized spacial score (nSPS) is 16.1. The van der Waals surface area contributed by atoms with Gasteiger partial charge in [-0.1, -0.05) is 29.8 Å². The van der Waals surface area contributed by atoms with Gasteiger partial charge < -0.3 is 70.5 Å². The van der Waals surface area contributed by atoms with Crippen molar-refractivity contribution in [3.8, 4) is 22.6 Å². The van der Waals surface area contributed by atoms with Crippen molar-refractivity contribution in [2.75, 3.05) is 46.5 Å². The average molecular weight is 1160 g/mol. The van der Waals surface area contributed by atoms with Gasteiger partial charge in [-0.05, 0) is 143 Å². The molecule has 0 aliphatic carbocycles. The molecule has 1 aliphatic rings. The lowest BCUT2D eigenvalue weighted by Crippen LogP contribution is -2.57. The Balaban J connectivity index is 1.94. The lowest BCUT2D eigenvalue weighted by Gasteiger charge is -2.33. The maximum absolute atomic E-state index is 15.2. The number of nitrogens with zero attached hydrogens (tertiary/aromatic N) is 1. The number of Topliss-reactive ketones (excluding diaryl/α,β-unsaturated/α-hetero) is 1. The molecule has 3 aromatic carbocycles. The van der Waals surface area contributed by atoms with Crippen LogP contribution in [0.1, 0.15) is 128 Å². The molecule has 0 aromatic heterocycles. The van der Waals surface area contributed by atoms with Crippen LogP contribution >= 0.6 is 0 Å². The third-order valence-electron chi connectivity index (χ3n) is 12.1. The summed E-state index contributed by atoms with van der Waals surface area (Å²) in [6, 6.07) is 7.69. The highest BCUT2D eigenvalue weighted by atomic mass is 16.6. The number of alkyl carbamates (subject to hydrolysis) is 3. The molecule has 1 heterocycles. The second-order valence-electron chi connectivity index (χ2n) is 23.0. The van der Waals surface area contributed by atoms with Gasteiger partial charge in [0.15, 0.2) is 12.4 Å². The first kappa shape index (κ1) is 67.1. The molecule has 7 N–H and O–H groups in total. The van der Waals surface area contributed by atoms with Crippen LogP contribution in [0.3, 0.4) is 0 Å². The van der Waals surface area contributed by atoms with Gasteiger partial charge in [0.05, 0.1) is 19.1 Å². The average Bonchev–Trinajstić information content (AvgIpc) is 3.39. The first-order chi connectivity index (χ1) is 38.6. The van der Waals surface area contributed by atoms with Crippen molar-refractivity contribution in [2.45, 2.75) is 157 Å². The van der Waals surface area contributed by atoms with E-state index in [4.69, 9.17) is 28.4 Å². The molecule has 454 valence electrons. The zero-order valence-corrected chi connectivity index (χ0v) is 50.2. The summed E-state index contributed by atoms with van der Waals surface area (Å²) < 4.78 is 33.8. The molecule has 3 aromatic rings. The first-order valence-corrected chi connectivity index (χ1v) is 27.3. The number of amides is 8. The van der Waals surface area contributed by atoms with E-state index in [0.717, 1.165) is 17.4 Å². The van der Waals surface area contributed by atoms with Crippen molar-refractivity contribution in [3.05, 3.63) is 82.4 Å². The van der Waals surface area contributed by atoms with E-state index in [1.807, 2.05) is 6.92 Å². The van der Waals surface area contributed by atoms with Crippen LogP contribution in [0.2, 0.25) is 0 Å². The summed E-state index contributed by atoms with van der Waals surface area (Å²) in [5.41, 5.74) is 0.491. The van der Waals surface area contributed by atoms with Crippen molar-refractivity contribution in [3.63, 3.8) is 0 Å². The molecule has 8 amide bonds. The highest BCUT2D eigenvalue weighted by Crippen LogP contribution is 2.40. The minimum atomic E-state index is -1.60. The number of rotatable bonds is 20. The molecule has 0 radical (unpaired) electrons. The van der Waals surface area contributed by atoms with Crippen molar-refractivity contribution in [1.82, 2.24) is 42.1 Å². The number of fused-ring (bicyclic) bond motifs is 5. The summed E-state index contributed by atoms with van der Waals surface area (Å²) in [5.74, 6) is -4.93. The van der Waals surface area contributed by atoms with Crippen LogP contribution in [0.5, 0.6) is 11.5 Å². The van der Waals surface area contributed by atoms with Gasteiger partial charge in [-0.2, -0.15) is 0 Å². The fraction of sp³-hybridized carbons (Fsp3) is 0.525. The molecular weight excluding hydrogens is 1080 g/mol. The molecule has 4 rings (SSSR count). The molecular formula is C59H82N8O16. The summed E-state index contributed by atoms with van der Waals surface area (Å²) in [6.07, 6.45) is -2.56. The topological polar surface area (TPSA) is 314 Å². The third kappa shape index (κ3) is 22.1. The number of nitrogens with one attached hydrogen (secondary N) is 7. The third-order valence-corrected chi connectivity index (χ3v) is 12.1. The van der Waals surface area contributed by atoms with Gasteiger partial charge in [0.2, 0.25) is 23.6 Å². The largest absolute Gasteiger partial charge is 0.491 e. The highest BCUT2D eigenvalue weighted by Gasteiger charge is 2.37. The van der Waals surface area contributed by atoms with Crippen LogP contribution in [-0.2, 0) is 54.1 Å². The number of carbonyl (C=O) groups excluding carboxylic acids is 10. The van der Waals surface area contributed by atoms with Gasteiger partial charge in [-0.15, -0.1) is 0 Å². The van der Waals surface area contributed by atoms with Crippen molar-refractivity contribution in [1.29, 1.82) is 0 Å². The van der Waals surface area contributed by atoms with E-state index >= 15 is 9.59 Å². The van der Waals surface area contributed by atoms with Gasteiger partial charge in [0.1, 0.15) is 65.7 Å². The van der Waals surface area contributed by atoms with Crippen LogP contribution in [0.25, 0.3) is 11.1 Å². The van der Waals surface area contributed by atoms with Crippen LogP contribution in [0.4, 0.5) is 14.4 Å². The van der Waals surface area contributed by atoms with Crippen molar-refractivity contribution < 1.29 is 76.4 Å². The van der Waals surface area contributed by atoms with Gasteiger partial charge in [-0.25, -0.2) is 14.4 Å². The number of ether oxygens (including phenoxy) is 6. The molecule has 0 saturated carbocycles. The predicted octanol–water partition coefficient (Wildman–Crippen LogP) is 5.17. The number of aryl methyl sites for hydroxylation is 2. The minimum Gasteiger partial charge on any atom is -0.491 e. The molecule has 0 fully saturated rings. The number of hydrogen-bond acceptors (Lipinski definition) is 16. The first-order valence-electron chi connectivity index (χ1n) is 27.3. The maximum atomic E-state index is 15.2. The van der Waals surface area contributed by atoms with E-state index in [2.05, 4.69) is 37.2 Å². The van der Waals surface area contributed by atoms with Crippen molar-refractivity contribution >= 4 is 59.6 Å². The number of likely N-dealkylation sites (N-methyl/N-ethyl adjacent to an activating group) is 1. The van der Waals surface area contributed by atoms with Crippen LogP contribution in [-0.4, -0.2) is 152 Å². The van der Waals surface area contributed by atoms with E-state index in [0.29, 0.717) is 11.1 Å². The van der Waals surface area contributed by atoms with Gasteiger partial charge in [0, 0.05) is 43.6 Å². The second kappa shape index (κ2) is 29.5. The molecule has 24 heteroatoms. The Labute approximate surface area is 484 Å². The smallest absolute Gasteiger partial charge is 0.407 e. The molecule has 0 unspecified atom stereocenters. The molecule has 5 atom stereocenters. The zero-order valence-electron chi connectivity index (χ0n) is 50.2. The van der Waals surface area contributed by atoms with E-state index in [9.17, 15) is 38.4 Å². The Bertz CT molecular complexity index is 2870. The van der Waals surface area contributed by atoms with E-state index in [1.165, 1.54) is 33.0 Å². The Morgan fingerprint density at radius 2 is 1.20 bits per heavy atom. The Morgan fingerprint density at radius 3 is 1.73 bits per heavy atom. The predicted molar refractivity (Wildman–Crippen MR) is 305 cm³/mol. The zero-order chi connectivity index (χ0) is 62.1. The summed E-state index contributed by atoms with van der Waals surface area (Å²) >= 11 is 0. The Hall–Kier alpha value is -8.44. The lowest BCUT2D eigenvalue weighted by molar-refractivity contribution is -0.146. The molecule has 0 spiro atoms. The SMILES string of the molecule is CC(=O)OCC(=O)[C@H](C)NC(=O)[C@@H]1Cc2ccc(OCCNC(=O)OC(C)(C)C)c(c2)-c2cc(ccc2OCCNC(=O)OC(C)(C)C)[C@H](N(C)C(=O)[C@H](CCNC(=O)OC(C)(C)C)NC(=O)c2ccc(C)cc2C)C(=O)N[C@@H](C)C(=O)N1. The molecule has 83 heavy (non-hydrogen) atoms. The number of benzene rings is 3. The van der Waals surface area contributed by atoms with Crippen molar-refractivity contribution in [2.24, 2.45) is 0 Å². The summed E-state index contributed by atoms with van der Waals surface area (Å²) in [7, 11) is 1.33. The van der Waals surface area contributed by atoms with Crippen LogP contribution in [0, 0.1) is 13.8 Å². The summed E-state index contributed by atoms with van der Waals surface area (Å²) in [6.45, 7) is 21.7. The summed E-state index contributed by atoms with van der Waals surface area (Å²) in [5, 5.41) is 18.7. The Kier molecular flexibility index (Phi) is 23.8. The van der Waals surface area contributed by atoms with Gasteiger partial charge in [-0.3, -0.25) is 33.6 Å². The Morgan fingerprint density at radius 1 is 0.675 bits per heavy atom. The molecule has 24 nitrogen and oxygen atoms in total. The lowest BCUT2D eigenvalue weighted by atomic mass is 9.93. The quantitative estimate of drug-likeness (QED) is 0.0436. The highest BCUT2D eigenvalue weighted by molar-refractivity contribution is 6.00. The number of carbonyl (C=O) groups is 10. The van der Waals surface area contributed by atoms with E-state index < -0.39 is 113 Å².